The second kappa shape index (κ2) is 9.65. The minimum atomic E-state index is -4.59. The Balaban J connectivity index is 1.59. The number of rotatable bonds is 7. The number of nitriles is 1. The van der Waals surface area contributed by atoms with Crippen molar-refractivity contribution in [1.82, 2.24) is 20.3 Å². The first-order valence-electron chi connectivity index (χ1n) is 10.5. The number of alkyl halides is 3. The number of aromatic nitrogens is 3. The highest BCUT2D eigenvalue weighted by atomic mass is 19.4. The van der Waals surface area contributed by atoms with Gasteiger partial charge in [0, 0.05) is 36.6 Å². The van der Waals surface area contributed by atoms with Gasteiger partial charge in [0.25, 0.3) is 0 Å². The van der Waals surface area contributed by atoms with Crippen LogP contribution in [0.3, 0.4) is 0 Å². The van der Waals surface area contributed by atoms with Gasteiger partial charge in [0.05, 0.1) is 11.3 Å². The number of anilines is 2. The molecule has 180 valence electrons. The van der Waals surface area contributed by atoms with Gasteiger partial charge in [0.1, 0.15) is 24.1 Å². The average Bonchev–Trinajstić information content (AvgIpc) is 3.33. The van der Waals surface area contributed by atoms with Gasteiger partial charge in [-0.2, -0.15) is 18.4 Å². The summed E-state index contributed by atoms with van der Waals surface area (Å²) in [5, 5.41) is 24.8. The predicted molar refractivity (Wildman–Crippen MR) is 118 cm³/mol. The van der Waals surface area contributed by atoms with E-state index in [0.717, 1.165) is 12.3 Å². The molecule has 1 saturated heterocycles. The number of hydrogen-bond acceptors (Lipinski definition) is 9. The molecule has 1 aliphatic heterocycles. The van der Waals surface area contributed by atoms with Crippen LogP contribution >= 0.6 is 0 Å². The lowest BCUT2D eigenvalue weighted by Crippen LogP contribution is -2.48. The molecule has 9 nitrogen and oxygen atoms in total. The van der Waals surface area contributed by atoms with E-state index in [2.05, 4.69) is 25.6 Å². The van der Waals surface area contributed by atoms with Crippen molar-refractivity contribution in [2.45, 2.75) is 18.2 Å². The van der Waals surface area contributed by atoms with Crippen molar-refractivity contribution in [3.63, 3.8) is 0 Å². The number of nitrogens with zero attached hydrogens (tertiary/aromatic N) is 4. The van der Waals surface area contributed by atoms with Crippen LogP contribution in [0.25, 0.3) is 11.3 Å². The smallest absolute Gasteiger partial charge is 0.433 e. The van der Waals surface area contributed by atoms with E-state index < -0.39 is 29.9 Å². The molecule has 35 heavy (non-hydrogen) atoms. The van der Waals surface area contributed by atoms with E-state index in [9.17, 15) is 28.3 Å². The molecule has 3 N–H and O–H groups in total. The Morgan fingerprint density at radius 1 is 1.23 bits per heavy atom. The number of halogens is 3. The summed E-state index contributed by atoms with van der Waals surface area (Å²) in [5.41, 5.74) is -1.13. The van der Waals surface area contributed by atoms with Gasteiger partial charge in [-0.15, -0.1) is 0 Å². The standard InChI is InChI=1S/C23H19F3N6O3/c24-23(25,26)19-10-16(3-6-29-19)31-21-30-7-4-17(32-21)14-1-2-18(15(9-14)11-27)35-22(20(34)12-33)5-8-28-13-22/h1-4,6-7,9-10,28,33H,5,8,12-13H2,(H,29,30,31,32)/t22-/m1/s1. The Bertz CT molecular complexity index is 1290. The number of nitrogens with one attached hydrogen (secondary N) is 2. The zero-order chi connectivity index (χ0) is 25.1. The first kappa shape index (κ1) is 24.1. The van der Waals surface area contributed by atoms with Crippen LogP contribution in [0.2, 0.25) is 0 Å². The van der Waals surface area contributed by atoms with Crippen LogP contribution in [-0.4, -0.2) is 51.1 Å². The van der Waals surface area contributed by atoms with Crippen LogP contribution in [0.15, 0.2) is 48.8 Å². The van der Waals surface area contributed by atoms with E-state index >= 15 is 0 Å². The Morgan fingerprint density at radius 3 is 2.71 bits per heavy atom. The molecule has 1 fully saturated rings. The Kier molecular flexibility index (Phi) is 6.63. The molecule has 0 aliphatic carbocycles. The summed E-state index contributed by atoms with van der Waals surface area (Å²) in [6.45, 7) is 0.0652. The summed E-state index contributed by atoms with van der Waals surface area (Å²) in [6, 6.07) is 10.5. The minimum absolute atomic E-state index is 0.0465. The second-order valence-corrected chi connectivity index (χ2v) is 7.75. The molecule has 1 aromatic carbocycles. The van der Waals surface area contributed by atoms with E-state index in [1.54, 1.807) is 12.1 Å². The maximum absolute atomic E-state index is 12.9. The van der Waals surface area contributed by atoms with E-state index in [1.165, 1.54) is 24.4 Å². The quantitative estimate of drug-likeness (QED) is 0.463. The van der Waals surface area contributed by atoms with E-state index in [0.29, 0.717) is 24.2 Å². The number of carbonyl (C=O) groups is 1. The predicted octanol–water partition coefficient (Wildman–Crippen LogP) is 2.84. The van der Waals surface area contributed by atoms with E-state index in [-0.39, 0.29) is 29.5 Å². The largest absolute Gasteiger partial charge is 0.477 e. The highest BCUT2D eigenvalue weighted by molar-refractivity contribution is 5.89. The van der Waals surface area contributed by atoms with Crippen LogP contribution in [0.4, 0.5) is 24.8 Å². The lowest BCUT2D eigenvalue weighted by Gasteiger charge is -2.28. The summed E-state index contributed by atoms with van der Waals surface area (Å²) in [5.74, 6) is -0.248. The molecule has 2 aromatic heterocycles. The third-order valence-corrected chi connectivity index (χ3v) is 5.43. The average molecular weight is 484 g/mol. The molecule has 0 unspecified atom stereocenters. The maximum atomic E-state index is 12.9. The number of hydrogen-bond donors (Lipinski definition) is 3. The monoisotopic (exact) mass is 484 g/mol. The van der Waals surface area contributed by atoms with Crippen molar-refractivity contribution >= 4 is 17.4 Å². The molecular formula is C23H19F3N6O3. The molecule has 1 aliphatic rings. The second-order valence-electron chi connectivity index (χ2n) is 7.75. The van der Waals surface area contributed by atoms with Crippen molar-refractivity contribution in [2.24, 2.45) is 0 Å². The lowest BCUT2D eigenvalue weighted by molar-refractivity contribution is -0.141. The zero-order valence-electron chi connectivity index (χ0n) is 18.1. The van der Waals surface area contributed by atoms with E-state index in [4.69, 9.17) is 4.74 Å². The fourth-order valence-corrected chi connectivity index (χ4v) is 3.64. The van der Waals surface area contributed by atoms with Gasteiger partial charge in [-0.05, 0) is 42.9 Å². The van der Waals surface area contributed by atoms with Crippen LogP contribution in [0, 0.1) is 11.3 Å². The summed E-state index contributed by atoms with van der Waals surface area (Å²) in [4.78, 5) is 24.0. The van der Waals surface area contributed by atoms with Crippen molar-refractivity contribution < 1.29 is 27.8 Å². The minimum Gasteiger partial charge on any atom is -0.477 e. The molecule has 12 heteroatoms. The van der Waals surface area contributed by atoms with Gasteiger partial charge in [-0.1, -0.05) is 0 Å². The number of carbonyl (C=O) groups excluding carboxylic acids is 1. The molecule has 4 rings (SSSR count). The van der Waals surface area contributed by atoms with Crippen LogP contribution in [0.1, 0.15) is 17.7 Å². The zero-order valence-corrected chi connectivity index (χ0v) is 18.1. The Labute approximate surface area is 197 Å². The molecule has 3 aromatic rings. The van der Waals surface area contributed by atoms with Crippen molar-refractivity contribution in [2.75, 3.05) is 25.0 Å². The van der Waals surface area contributed by atoms with Crippen molar-refractivity contribution in [1.29, 1.82) is 5.26 Å². The number of aliphatic hydroxyl groups excluding tert-OH is 1. The SMILES string of the molecule is N#Cc1cc(-c2ccnc(Nc3ccnc(C(F)(F)F)c3)n2)ccc1O[C@]1(C(=O)CO)CCNC1. The highest BCUT2D eigenvalue weighted by Gasteiger charge is 2.43. The fourth-order valence-electron chi connectivity index (χ4n) is 3.64. The number of aliphatic hydroxyl groups is 1. The summed E-state index contributed by atoms with van der Waals surface area (Å²) < 4.78 is 44.7. The summed E-state index contributed by atoms with van der Waals surface area (Å²) in [6.07, 6.45) is -1.79. The summed E-state index contributed by atoms with van der Waals surface area (Å²) in [7, 11) is 0. The lowest BCUT2D eigenvalue weighted by atomic mass is 9.97. The number of ketones is 1. The van der Waals surface area contributed by atoms with Crippen LogP contribution < -0.4 is 15.4 Å². The van der Waals surface area contributed by atoms with Crippen molar-refractivity contribution in [3.05, 3.63) is 60.0 Å². The van der Waals surface area contributed by atoms with Gasteiger partial charge in [0.15, 0.2) is 5.60 Å². The Morgan fingerprint density at radius 2 is 2.03 bits per heavy atom. The number of Topliss-reactive ketones (excluding diaryl/α,β-unsaturated/α-hetero) is 1. The molecule has 0 spiro atoms. The molecule has 0 saturated carbocycles. The fraction of sp³-hybridized carbons (Fsp3) is 0.261. The third-order valence-electron chi connectivity index (χ3n) is 5.43. The highest BCUT2D eigenvalue weighted by Crippen LogP contribution is 2.32. The first-order valence-corrected chi connectivity index (χ1v) is 10.5. The molecule has 0 bridgehead atoms. The van der Waals surface area contributed by atoms with Gasteiger partial charge < -0.3 is 20.5 Å². The number of pyridine rings is 1. The summed E-state index contributed by atoms with van der Waals surface area (Å²) >= 11 is 0. The topological polar surface area (TPSA) is 133 Å². The van der Waals surface area contributed by atoms with E-state index in [1.807, 2.05) is 6.07 Å². The van der Waals surface area contributed by atoms with Gasteiger partial charge >= 0.3 is 6.18 Å². The number of ether oxygens (including phenoxy) is 1. The van der Waals surface area contributed by atoms with Crippen LogP contribution in [0.5, 0.6) is 5.75 Å². The first-order chi connectivity index (χ1) is 16.7. The Hall–Kier alpha value is -4.08. The van der Waals surface area contributed by atoms with Gasteiger partial charge in [-0.3, -0.25) is 9.78 Å². The molecule has 1 atom stereocenters. The third kappa shape index (κ3) is 5.21. The van der Waals surface area contributed by atoms with Gasteiger partial charge in [0.2, 0.25) is 11.7 Å². The maximum Gasteiger partial charge on any atom is 0.433 e. The van der Waals surface area contributed by atoms with Gasteiger partial charge in [-0.25, -0.2) is 9.97 Å². The van der Waals surface area contributed by atoms with Crippen LogP contribution in [-0.2, 0) is 11.0 Å². The molecule has 3 heterocycles. The molecule has 0 amide bonds. The van der Waals surface area contributed by atoms with Crippen molar-refractivity contribution in [3.8, 4) is 23.1 Å². The number of benzene rings is 1. The molecular weight excluding hydrogens is 465 g/mol. The normalized spacial score (nSPS) is 17.6. The molecule has 0 radical (unpaired) electrons.